The van der Waals surface area contributed by atoms with E-state index in [0.717, 1.165) is 59.0 Å². The van der Waals surface area contributed by atoms with Crippen LogP contribution < -0.4 is 45.2 Å². The van der Waals surface area contributed by atoms with Crippen LogP contribution in [0, 0.1) is 35.7 Å². The minimum Gasteiger partial charge on any atom is -0.872 e. The molecule has 1 aliphatic rings. The van der Waals surface area contributed by atoms with Gasteiger partial charge < -0.3 is 45.2 Å². The molecule has 0 bridgehead atoms. The van der Waals surface area contributed by atoms with Gasteiger partial charge in [-0.2, -0.15) is 18.4 Å². The van der Waals surface area contributed by atoms with Crippen LogP contribution in [0.3, 0.4) is 0 Å². The first-order valence-corrected chi connectivity index (χ1v) is 25.0. The molecule has 16 heteroatoms. The lowest BCUT2D eigenvalue weighted by Crippen LogP contribution is -2.21. The number of alkyl halides is 3. The number of aryl methyl sites for hydroxylation is 1. The summed E-state index contributed by atoms with van der Waals surface area (Å²) in [5, 5.41) is 83.9. The third-order valence-corrected chi connectivity index (χ3v) is 11.1. The highest BCUT2D eigenvalue weighted by atomic mass is 19.4. The van der Waals surface area contributed by atoms with Gasteiger partial charge in [0.2, 0.25) is 0 Å². The summed E-state index contributed by atoms with van der Waals surface area (Å²) in [5.41, 5.74) is 2.65. The van der Waals surface area contributed by atoms with Crippen LogP contribution in [0.4, 0.5) is 26.3 Å². The van der Waals surface area contributed by atoms with Crippen LogP contribution in [-0.2, 0) is 17.0 Å². The SMILES string of the molecule is CC(C)Oc1ccc([O-])cc1.COc1cc(C(C)(C)C)c([O-])c(C(C)(C)C)c1.Cc1cc([O-])cc(C(F)(F)F)c1.N#Cc1ccc([O-])cc1.[O-]c1cc(F)cc(F)c1.[O-]c1ccc(C2CCCCC2)cc1.[O-]c1ccc(F)cc1. The number of methoxy groups -OCH3 is 1. The number of nitrogens with zero attached hydrogens (tertiary/aromatic N) is 1. The van der Waals surface area contributed by atoms with E-state index < -0.39 is 34.9 Å². The van der Waals surface area contributed by atoms with E-state index in [-0.39, 0.29) is 51.5 Å². The Hall–Kier alpha value is -8.19. The highest BCUT2D eigenvalue weighted by Crippen LogP contribution is 2.40. The van der Waals surface area contributed by atoms with Crippen LogP contribution in [-0.4, -0.2) is 13.2 Å². The average Bonchev–Trinajstić information content (AvgIpc) is 3.36. The smallest absolute Gasteiger partial charge is 0.416 e. The van der Waals surface area contributed by atoms with Gasteiger partial charge in [-0.1, -0.05) is 139 Å². The lowest BCUT2D eigenvalue weighted by molar-refractivity contribution is -0.272. The molecule has 1 aliphatic carbocycles. The van der Waals surface area contributed by atoms with Gasteiger partial charge in [-0.3, -0.25) is 0 Å². The molecule has 0 aromatic heterocycles. The van der Waals surface area contributed by atoms with E-state index in [1.165, 1.54) is 93.1 Å². The molecule has 10 nitrogen and oxygen atoms in total. The standard InChI is InChI=1S/C15H24O2.C12H16O.C9H12O2.C8H7F3O.C7H5NO.C6H4F2O.C6H5FO/c1-14(2,3)11-8-10(17-7)9-12(13(11)16)15(4,5)6;13-12-8-6-11(7-9-12)10-4-2-1-3-5-10;1-7(2)11-9-5-3-8(10)4-6-9;1-5-2-6(8(9,10)11)4-7(12)3-5;8-5-6-1-3-7(9)4-2-6;7-4-1-5(8)3-6(9)2-4;7-5-1-3-6(8)4-2-5/h8-9,16H,1-7H3;6-10,13H,1-5H2;3-7,10H,1-2H3;2-4,12H,1H3;1-4,9H;1-3,9H;1-4,8H/p-7. The van der Waals surface area contributed by atoms with Crippen molar-refractivity contribution in [3.05, 3.63) is 196 Å². The summed E-state index contributed by atoms with van der Waals surface area (Å²) >= 11 is 0. The van der Waals surface area contributed by atoms with E-state index in [1.54, 1.807) is 31.4 Å². The second kappa shape index (κ2) is 31.9. The van der Waals surface area contributed by atoms with Crippen LogP contribution in [0.25, 0.3) is 0 Å². The Morgan fingerprint density at radius 3 is 1.29 bits per heavy atom. The maximum atomic E-state index is 12.5. The van der Waals surface area contributed by atoms with E-state index in [2.05, 4.69) is 41.5 Å². The molecule has 0 saturated heterocycles. The molecule has 1 fully saturated rings. The second-order valence-corrected chi connectivity index (χ2v) is 20.3. The first kappa shape index (κ1) is 66.9. The molecule has 0 unspecified atom stereocenters. The van der Waals surface area contributed by atoms with Crippen LogP contribution in [0.15, 0.2) is 146 Å². The van der Waals surface area contributed by atoms with Crippen molar-refractivity contribution in [3.8, 4) is 57.8 Å². The predicted octanol–water partition coefficient (Wildman–Crippen LogP) is 12.4. The summed E-state index contributed by atoms with van der Waals surface area (Å²) in [7, 11) is 1.64. The minimum atomic E-state index is -4.43. The van der Waals surface area contributed by atoms with Gasteiger partial charge in [0.25, 0.3) is 0 Å². The van der Waals surface area contributed by atoms with Gasteiger partial charge in [0, 0.05) is 6.07 Å². The van der Waals surface area contributed by atoms with Gasteiger partial charge in [0.15, 0.2) is 0 Å². The van der Waals surface area contributed by atoms with Crippen LogP contribution in [0.5, 0.6) is 51.7 Å². The monoisotopic (exact) mass is 1090 g/mol. The average molecular weight is 1100 g/mol. The molecule has 0 aliphatic heterocycles. The van der Waals surface area contributed by atoms with E-state index in [1.807, 2.05) is 44.2 Å². The molecular weight excluding hydrogens is 1030 g/mol. The van der Waals surface area contributed by atoms with Crippen molar-refractivity contribution in [2.45, 2.75) is 123 Å². The summed E-state index contributed by atoms with van der Waals surface area (Å²) in [5.74, 6) is -1.00. The van der Waals surface area contributed by atoms with Crippen LogP contribution in [0.2, 0.25) is 0 Å². The summed E-state index contributed by atoms with van der Waals surface area (Å²) < 4.78 is 82.6. The van der Waals surface area contributed by atoms with Gasteiger partial charge in [-0.15, -0.1) is 40.2 Å². The molecular formula is C63H66F6NO9-7. The molecule has 7 aromatic carbocycles. The number of hydrogen-bond acceptors (Lipinski definition) is 10. The van der Waals surface area contributed by atoms with Crippen molar-refractivity contribution in [1.82, 2.24) is 0 Å². The molecule has 8 rings (SSSR count). The third-order valence-electron chi connectivity index (χ3n) is 11.1. The fraction of sp³-hybridized carbons (Fsp3) is 0.317. The normalized spacial score (nSPS) is 11.9. The Balaban J connectivity index is 0.000000319. The Bertz CT molecular complexity index is 2800. The van der Waals surface area contributed by atoms with E-state index in [4.69, 9.17) is 14.7 Å². The zero-order valence-corrected chi connectivity index (χ0v) is 45.9. The van der Waals surface area contributed by atoms with Gasteiger partial charge in [0.05, 0.1) is 30.4 Å². The number of halogens is 6. The van der Waals surface area contributed by atoms with Gasteiger partial charge >= 0.3 is 6.18 Å². The van der Waals surface area contributed by atoms with Gasteiger partial charge in [-0.05, 0) is 134 Å². The fourth-order valence-corrected chi connectivity index (χ4v) is 7.20. The summed E-state index contributed by atoms with van der Waals surface area (Å²) in [6.07, 6.45) is 2.43. The minimum absolute atomic E-state index is 0.0149. The third kappa shape index (κ3) is 26.6. The first-order chi connectivity index (χ1) is 36.8. The molecule has 1 saturated carbocycles. The Morgan fingerprint density at radius 1 is 0.506 bits per heavy atom. The molecule has 0 heterocycles. The first-order valence-electron chi connectivity index (χ1n) is 25.0. The maximum absolute atomic E-state index is 12.5. The molecule has 79 heavy (non-hydrogen) atoms. The summed E-state index contributed by atoms with van der Waals surface area (Å²) in [6, 6.07) is 34.6. The Kier molecular flexibility index (Phi) is 27.0. The van der Waals surface area contributed by atoms with Gasteiger partial charge in [-0.25, -0.2) is 13.2 Å². The van der Waals surface area contributed by atoms with Crippen molar-refractivity contribution >= 4 is 0 Å². The summed E-state index contributed by atoms with van der Waals surface area (Å²) in [6.45, 7) is 17.7. The van der Waals surface area contributed by atoms with Crippen LogP contribution in [0.1, 0.15) is 127 Å². The lowest BCUT2D eigenvalue weighted by Gasteiger charge is -2.33. The number of benzene rings is 7. The summed E-state index contributed by atoms with van der Waals surface area (Å²) in [4.78, 5) is 0. The second-order valence-electron chi connectivity index (χ2n) is 20.3. The zero-order valence-electron chi connectivity index (χ0n) is 45.9. The number of nitriles is 1. The number of rotatable bonds is 4. The number of hydrogen-bond donors (Lipinski definition) is 0. The Morgan fingerprint density at radius 2 is 0.924 bits per heavy atom. The molecule has 426 valence electrons. The fourth-order valence-electron chi connectivity index (χ4n) is 7.20. The quantitative estimate of drug-likeness (QED) is 0.153. The molecule has 0 atom stereocenters. The molecule has 7 aromatic rings. The predicted molar refractivity (Wildman–Crippen MR) is 281 cm³/mol. The van der Waals surface area contributed by atoms with E-state index in [9.17, 15) is 62.1 Å². The van der Waals surface area contributed by atoms with Crippen molar-refractivity contribution < 1.29 is 71.6 Å². The largest absolute Gasteiger partial charge is 0.872 e. The van der Waals surface area contributed by atoms with Crippen molar-refractivity contribution in [3.63, 3.8) is 0 Å². The lowest BCUT2D eigenvalue weighted by atomic mass is 9.79. The van der Waals surface area contributed by atoms with Crippen molar-refractivity contribution in [1.29, 1.82) is 5.26 Å². The van der Waals surface area contributed by atoms with Crippen molar-refractivity contribution in [2.24, 2.45) is 0 Å². The van der Waals surface area contributed by atoms with E-state index >= 15 is 0 Å². The van der Waals surface area contributed by atoms with Crippen molar-refractivity contribution in [2.75, 3.05) is 7.11 Å². The topological polar surface area (TPSA) is 204 Å². The highest BCUT2D eigenvalue weighted by Gasteiger charge is 2.30. The van der Waals surface area contributed by atoms with Gasteiger partial charge in [0.1, 0.15) is 29.0 Å². The highest BCUT2D eigenvalue weighted by molar-refractivity contribution is 5.51. The van der Waals surface area contributed by atoms with Crippen LogP contribution >= 0.6 is 0 Å². The Labute approximate surface area is 460 Å². The molecule has 0 amide bonds. The zero-order chi connectivity index (χ0) is 59.7. The molecule has 0 N–H and O–H groups in total. The maximum Gasteiger partial charge on any atom is 0.416 e. The molecule has 0 radical (unpaired) electrons. The van der Waals surface area contributed by atoms with E-state index in [0.29, 0.717) is 29.2 Å². The number of ether oxygens (including phenoxy) is 2. The molecule has 0 spiro atoms.